The minimum absolute atomic E-state index is 0.00680. The lowest BCUT2D eigenvalue weighted by molar-refractivity contribution is -0.123. The van der Waals surface area contributed by atoms with Gasteiger partial charge >= 0.3 is 0 Å². The summed E-state index contributed by atoms with van der Waals surface area (Å²) in [5.41, 5.74) is 4.35. The number of hydrogen-bond donors (Lipinski definition) is 1. The molecule has 0 spiro atoms. The van der Waals surface area contributed by atoms with Crippen molar-refractivity contribution in [1.29, 1.82) is 0 Å². The molecule has 152 valence electrons. The molecule has 0 radical (unpaired) electrons. The fourth-order valence-electron chi connectivity index (χ4n) is 3.02. The van der Waals surface area contributed by atoms with Crippen LogP contribution in [-0.4, -0.2) is 17.5 Å². The monoisotopic (exact) mass is 408 g/mol. The maximum Gasteiger partial charge on any atom is 0.258 e. The predicted octanol–water partition coefficient (Wildman–Crippen LogP) is 5.04. The number of amides is 1. The predicted molar refractivity (Wildman–Crippen MR) is 119 cm³/mol. The van der Waals surface area contributed by atoms with Crippen LogP contribution in [0.3, 0.4) is 0 Å². The number of hydrogen-bond acceptors (Lipinski definition) is 4. The van der Waals surface area contributed by atoms with Gasteiger partial charge in [0.15, 0.2) is 6.61 Å². The smallest absolute Gasteiger partial charge is 0.258 e. The summed E-state index contributed by atoms with van der Waals surface area (Å²) in [6.45, 7) is 8.89. The van der Waals surface area contributed by atoms with E-state index in [9.17, 15) is 4.79 Å². The molecule has 0 saturated heterocycles. The molecule has 5 heteroatoms. The zero-order valence-electron chi connectivity index (χ0n) is 17.5. The van der Waals surface area contributed by atoms with Crippen molar-refractivity contribution in [2.75, 3.05) is 6.61 Å². The molecule has 0 atom stereocenters. The summed E-state index contributed by atoms with van der Waals surface area (Å²) >= 11 is 1.62. The Kier molecular flexibility index (Phi) is 6.70. The Morgan fingerprint density at radius 3 is 2.62 bits per heavy atom. The Morgan fingerprint density at radius 1 is 1.14 bits per heavy atom. The van der Waals surface area contributed by atoms with Crippen molar-refractivity contribution in [2.24, 2.45) is 0 Å². The Morgan fingerprint density at radius 2 is 1.90 bits per heavy atom. The third-order valence-corrected chi connectivity index (χ3v) is 5.46. The summed E-state index contributed by atoms with van der Waals surface area (Å²) in [4.78, 5) is 16.9. The first-order chi connectivity index (χ1) is 13.8. The van der Waals surface area contributed by atoms with Gasteiger partial charge in [-0.05, 0) is 29.5 Å². The van der Waals surface area contributed by atoms with Gasteiger partial charge in [-0.25, -0.2) is 4.98 Å². The van der Waals surface area contributed by atoms with E-state index in [0.717, 1.165) is 28.4 Å². The lowest BCUT2D eigenvalue weighted by Gasteiger charge is -2.23. The summed E-state index contributed by atoms with van der Waals surface area (Å²) in [6.07, 6.45) is 0.811. The van der Waals surface area contributed by atoms with Crippen molar-refractivity contribution in [3.05, 3.63) is 81.3 Å². The number of benzene rings is 2. The molecule has 0 unspecified atom stereocenters. The first-order valence-electron chi connectivity index (χ1n) is 9.79. The molecule has 0 aliphatic carbocycles. The molecule has 29 heavy (non-hydrogen) atoms. The second-order valence-electron chi connectivity index (χ2n) is 8.21. The number of rotatable bonds is 7. The van der Waals surface area contributed by atoms with Crippen LogP contribution in [0.5, 0.6) is 5.75 Å². The highest BCUT2D eigenvalue weighted by Crippen LogP contribution is 2.32. The molecule has 0 bridgehead atoms. The van der Waals surface area contributed by atoms with Crippen LogP contribution in [0.4, 0.5) is 0 Å². The second kappa shape index (κ2) is 9.23. The van der Waals surface area contributed by atoms with Gasteiger partial charge in [0.2, 0.25) is 0 Å². The zero-order valence-corrected chi connectivity index (χ0v) is 18.3. The van der Waals surface area contributed by atoms with Gasteiger partial charge < -0.3 is 10.1 Å². The minimum Gasteiger partial charge on any atom is -0.483 e. The van der Waals surface area contributed by atoms with Crippen LogP contribution in [0.1, 0.15) is 48.2 Å². The van der Waals surface area contributed by atoms with Crippen LogP contribution in [0, 0.1) is 6.92 Å². The van der Waals surface area contributed by atoms with E-state index in [2.05, 4.69) is 56.2 Å². The van der Waals surface area contributed by atoms with Crippen LogP contribution in [0.15, 0.2) is 53.9 Å². The van der Waals surface area contributed by atoms with E-state index >= 15 is 0 Å². The molecule has 0 saturated carbocycles. The Labute approximate surface area is 177 Å². The Bertz CT molecular complexity index is 959. The van der Waals surface area contributed by atoms with E-state index < -0.39 is 0 Å². The highest BCUT2D eigenvalue weighted by Gasteiger charge is 2.19. The van der Waals surface area contributed by atoms with E-state index in [1.54, 1.807) is 11.3 Å². The third kappa shape index (κ3) is 6.16. The molecule has 3 aromatic rings. The number of carbonyl (C=O) groups excluding carboxylic acids is 1. The van der Waals surface area contributed by atoms with Gasteiger partial charge in [0.05, 0.1) is 17.2 Å². The summed E-state index contributed by atoms with van der Waals surface area (Å²) in [6, 6.07) is 16.3. The van der Waals surface area contributed by atoms with E-state index in [4.69, 9.17) is 4.74 Å². The molecule has 0 fully saturated rings. The molecule has 1 heterocycles. The molecule has 4 nitrogen and oxygen atoms in total. The highest BCUT2D eigenvalue weighted by atomic mass is 32.1. The molecular weight excluding hydrogens is 380 g/mol. The average molecular weight is 409 g/mol. The van der Waals surface area contributed by atoms with E-state index in [1.807, 2.05) is 35.7 Å². The molecule has 0 aliphatic rings. The van der Waals surface area contributed by atoms with Crippen LogP contribution in [-0.2, 0) is 23.2 Å². The number of thiazole rings is 1. The van der Waals surface area contributed by atoms with Crippen molar-refractivity contribution in [2.45, 2.75) is 46.1 Å². The Hall–Kier alpha value is -2.66. The number of carbonyl (C=O) groups is 1. The number of nitrogens with zero attached hydrogens (tertiary/aromatic N) is 1. The van der Waals surface area contributed by atoms with Gasteiger partial charge in [0, 0.05) is 11.8 Å². The number of aromatic nitrogens is 1. The standard InChI is InChI=1S/C24H28N2O2S/c1-17-10-11-21(20(12-17)24(2,3)4)28-15-22(27)25-14-19-16-29-23(26-19)13-18-8-6-5-7-9-18/h5-12,16H,13-15H2,1-4H3,(H,25,27). The minimum atomic E-state index is -0.150. The zero-order chi connectivity index (χ0) is 20.9. The Balaban J connectivity index is 1.51. The van der Waals surface area contributed by atoms with E-state index in [0.29, 0.717) is 6.54 Å². The van der Waals surface area contributed by atoms with Gasteiger partial charge in [0.1, 0.15) is 5.75 Å². The molecule has 0 aliphatic heterocycles. The quantitative estimate of drug-likeness (QED) is 0.596. The van der Waals surface area contributed by atoms with Gasteiger partial charge in [-0.3, -0.25) is 4.79 Å². The van der Waals surface area contributed by atoms with Crippen molar-refractivity contribution >= 4 is 17.2 Å². The fraction of sp³-hybridized carbons (Fsp3) is 0.333. The summed E-state index contributed by atoms with van der Waals surface area (Å²) in [5, 5.41) is 5.94. The van der Waals surface area contributed by atoms with Crippen LogP contribution in [0.25, 0.3) is 0 Å². The van der Waals surface area contributed by atoms with Crippen molar-refractivity contribution in [3.8, 4) is 5.75 Å². The molecule has 3 rings (SSSR count). The topological polar surface area (TPSA) is 51.2 Å². The lowest BCUT2D eigenvalue weighted by atomic mass is 9.85. The third-order valence-electron chi connectivity index (χ3n) is 4.57. The van der Waals surface area contributed by atoms with Crippen LogP contribution >= 0.6 is 11.3 Å². The largest absolute Gasteiger partial charge is 0.483 e. The maximum atomic E-state index is 12.3. The van der Waals surface area contributed by atoms with E-state index in [1.165, 1.54) is 11.1 Å². The second-order valence-corrected chi connectivity index (χ2v) is 9.15. The number of ether oxygens (including phenoxy) is 1. The molecule has 1 amide bonds. The fourth-order valence-corrected chi connectivity index (χ4v) is 3.85. The van der Waals surface area contributed by atoms with Gasteiger partial charge in [-0.15, -0.1) is 11.3 Å². The lowest BCUT2D eigenvalue weighted by Crippen LogP contribution is -2.29. The first-order valence-corrected chi connectivity index (χ1v) is 10.7. The van der Waals surface area contributed by atoms with Gasteiger partial charge in [-0.2, -0.15) is 0 Å². The number of aryl methyl sites for hydroxylation is 1. The summed E-state index contributed by atoms with van der Waals surface area (Å²) in [7, 11) is 0. The van der Waals surface area contributed by atoms with Gasteiger partial charge in [0.25, 0.3) is 5.91 Å². The first kappa shape index (κ1) is 21.1. The molecular formula is C24H28N2O2S. The average Bonchev–Trinajstić information content (AvgIpc) is 3.13. The van der Waals surface area contributed by atoms with Crippen molar-refractivity contribution in [1.82, 2.24) is 10.3 Å². The summed E-state index contributed by atoms with van der Waals surface area (Å²) < 4.78 is 5.82. The van der Waals surface area contributed by atoms with Crippen molar-refractivity contribution in [3.63, 3.8) is 0 Å². The number of nitrogens with one attached hydrogen (secondary N) is 1. The maximum absolute atomic E-state index is 12.3. The highest BCUT2D eigenvalue weighted by molar-refractivity contribution is 7.09. The van der Waals surface area contributed by atoms with E-state index in [-0.39, 0.29) is 17.9 Å². The van der Waals surface area contributed by atoms with Crippen LogP contribution in [0.2, 0.25) is 0 Å². The molecule has 1 N–H and O–H groups in total. The SMILES string of the molecule is Cc1ccc(OCC(=O)NCc2csc(Cc3ccccc3)n2)c(C(C)(C)C)c1. The van der Waals surface area contributed by atoms with Crippen molar-refractivity contribution < 1.29 is 9.53 Å². The normalized spacial score (nSPS) is 11.3. The van der Waals surface area contributed by atoms with Gasteiger partial charge in [-0.1, -0.05) is 68.8 Å². The van der Waals surface area contributed by atoms with Crippen LogP contribution < -0.4 is 10.1 Å². The molecule has 1 aromatic heterocycles. The molecule has 2 aromatic carbocycles. The summed E-state index contributed by atoms with van der Waals surface area (Å²) in [5.74, 6) is 0.611.